The summed E-state index contributed by atoms with van der Waals surface area (Å²) in [5.74, 6) is 0. The quantitative estimate of drug-likeness (QED) is 0.548. The van der Waals surface area contributed by atoms with Crippen molar-refractivity contribution < 1.29 is 0 Å². The number of thioether (sulfide) groups is 1. The second-order valence-electron chi connectivity index (χ2n) is 5.27. The third-order valence-corrected chi connectivity index (χ3v) is 6.14. The average Bonchev–Trinajstić information content (AvgIpc) is 3.03. The van der Waals surface area contributed by atoms with Crippen LogP contribution in [0.1, 0.15) is 15.7 Å². The number of para-hydroxylation sites is 1. The number of fused-ring (bicyclic) bond motifs is 1. The predicted molar refractivity (Wildman–Crippen MR) is 102 cm³/mol. The molecule has 0 aliphatic carbocycles. The summed E-state index contributed by atoms with van der Waals surface area (Å²) in [6, 6.07) is 20.8. The molecule has 4 rings (SSSR count). The van der Waals surface area contributed by atoms with Crippen LogP contribution in [0.4, 0.5) is 5.69 Å². The SMILES string of the molecule is Clc1ccc(C2C=C(c3cccs3)Nc3ccccc3S2)cc1. The van der Waals surface area contributed by atoms with Crippen LogP contribution in [0.5, 0.6) is 0 Å². The number of nitrogens with one attached hydrogen (secondary N) is 1. The molecule has 4 heteroatoms. The first-order chi connectivity index (χ1) is 11.3. The van der Waals surface area contributed by atoms with Crippen molar-refractivity contribution in [1.29, 1.82) is 0 Å². The molecule has 1 aliphatic rings. The highest BCUT2D eigenvalue weighted by molar-refractivity contribution is 7.99. The molecular formula is C19H14ClNS2. The molecule has 1 aromatic heterocycles. The maximum absolute atomic E-state index is 6.04. The number of anilines is 1. The van der Waals surface area contributed by atoms with Gasteiger partial charge in [0, 0.05) is 9.92 Å². The summed E-state index contributed by atoms with van der Waals surface area (Å²) >= 11 is 9.65. The fourth-order valence-corrected chi connectivity index (χ4v) is 4.58. The average molecular weight is 356 g/mol. The lowest BCUT2D eigenvalue weighted by Gasteiger charge is -2.12. The monoisotopic (exact) mass is 355 g/mol. The minimum Gasteiger partial charge on any atom is -0.354 e. The number of rotatable bonds is 2. The Bertz CT molecular complexity index is 838. The van der Waals surface area contributed by atoms with Gasteiger partial charge in [0.1, 0.15) is 0 Å². The highest BCUT2D eigenvalue weighted by Crippen LogP contribution is 2.45. The number of halogens is 1. The first-order valence-corrected chi connectivity index (χ1v) is 9.47. The Kier molecular flexibility index (Phi) is 4.17. The Balaban J connectivity index is 1.80. The summed E-state index contributed by atoms with van der Waals surface area (Å²) in [7, 11) is 0. The molecule has 2 aromatic carbocycles. The molecule has 23 heavy (non-hydrogen) atoms. The first-order valence-electron chi connectivity index (χ1n) is 7.33. The van der Waals surface area contributed by atoms with Gasteiger partial charge in [-0.05, 0) is 47.4 Å². The fraction of sp³-hybridized carbons (Fsp3) is 0.0526. The minimum absolute atomic E-state index is 0.250. The molecule has 0 saturated heterocycles. The third-order valence-electron chi connectivity index (χ3n) is 3.71. The molecule has 0 radical (unpaired) electrons. The van der Waals surface area contributed by atoms with Crippen molar-refractivity contribution in [1.82, 2.24) is 0 Å². The van der Waals surface area contributed by atoms with E-state index in [9.17, 15) is 0 Å². The maximum Gasteiger partial charge on any atom is 0.0548 e. The van der Waals surface area contributed by atoms with Gasteiger partial charge in [0.25, 0.3) is 0 Å². The van der Waals surface area contributed by atoms with E-state index in [-0.39, 0.29) is 5.25 Å². The van der Waals surface area contributed by atoms with Crippen LogP contribution < -0.4 is 5.32 Å². The van der Waals surface area contributed by atoms with E-state index in [2.05, 4.69) is 65.3 Å². The van der Waals surface area contributed by atoms with Crippen molar-refractivity contribution in [3.05, 3.63) is 87.6 Å². The van der Waals surface area contributed by atoms with Gasteiger partial charge in [0.05, 0.1) is 21.5 Å². The van der Waals surface area contributed by atoms with Crippen molar-refractivity contribution in [3.8, 4) is 0 Å². The van der Waals surface area contributed by atoms with Gasteiger partial charge in [-0.3, -0.25) is 0 Å². The van der Waals surface area contributed by atoms with Crippen LogP contribution in [0.3, 0.4) is 0 Å². The van der Waals surface area contributed by atoms with Gasteiger partial charge >= 0.3 is 0 Å². The summed E-state index contributed by atoms with van der Waals surface area (Å²) in [5, 5.41) is 6.73. The zero-order valence-electron chi connectivity index (χ0n) is 12.2. The molecule has 3 aromatic rings. The molecule has 1 N–H and O–H groups in total. The van der Waals surface area contributed by atoms with Gasteiger partial charge in [0.2, 0.25) is 0 Å². The van der Waals surface area contributed by atoms with E-state index in [1.807, 2.05) is 23.9 Å². The summed E-state index contributed by atoms with van der Waals surface area (Å²) in [4.78, 5) is 2.51. The fourth-order valence-electron chi connectivity index (χ4n) is 2.57. The van der Waals surface area contributed by atoms with Gasteiger partial charge in [-0.15, -0.1) is 23.1 Å². The second-order valence-corrected chi connectivity index (χ2v) is 7.84. The smallest absolute Gasteiger partial charge is 0.0548 e. The Morgan fingerprint density at radius 3 is 2.52 bits per heavy atom. The highest BCUT2D eigenvalue weighted by Gasteiger charge is 2.19. The van der Waals surface area contributed by atoms with E-state index in [0.29, 0.717) is 0 Å². The summed E-state index contributed by atoms with van der Waals surface area (Å²) < 4.78 is 0. The standard InChI is InChI=1S/C19H14ClNS2/c20-14-9-7-13(8-10-14)19-12-16(17-6-3-11-22-17)21-15-4-1-2-5-18(15)23-19/h1-12,19,21H. The summed E-state index contributed by atoms with van der Waals surface area (Å²) in [5.41, 5.74) is 3.58. The Morgan fingerprint density at radius 1 is 0.913 bits per heavy atom. The maximum atomic E-state index is 6.04. The third kappa shape index (κ3) is 3.18. The van der Waals surface area contributed by atoms with Gasteiger partial charge < -0.3 is 5.32 Å². The Hall–Kier alpha value is -1.68. The molecule has 0 bridgehead atoms. The van der Waals surface area contributed by atoms with E-state index in [1.54, 1.807) is 11.3 Å². The number of benzene rings is 2. The minimum atomic E-state index is 0.250. The van der Waals surface area contributed by atoms with E-state index in [1.165, 1.54) is 15.3 Å². The highest BCUT2D eigenvalue weighted by atomic mass is 35.5. The van der Waals surface area contributed by atoms with Crippen LogP contribution in [0, 0.1) is 0 Å². The van der Waals surface area contributed by atoms with Crippen molar-refractivity contribution >= 4 is 46.1 Å². The summed E-state index contributed by atoms with van der Waals surface area (Å²) in [6.07, 6.45) is 2.31. The van der Waals surface area contributed by atoms with Crippen LogP contribution in [0.25, 0.3) is 5.70 Å². The Morgan fingerprint density at radius 2 is 1.74 bits per heavy atom. The topological polar surface area (TPSA) is 12.0 Å². The van der Waals surface area contributed by atoms with Crippen molar-refractivity contribution in [3.63, 3.8) is 0 Å². The molecule has 0 saturated carbocycles. The first kappa shape index (κ1) is 14.9. The molecule has 0 fully saturated rings. The van der Waals surface area contributed by atoms with E-state index < -0.39 is 0 Å². The predicted octanol–water partition coefficient (Wildman–Crippen LogP) is 6.70. The molecule has 114 valence electrons. The van der Waals surface area contributed by atoms with E-state index >= 15 is 0 Å². The number of hydrogen-bond donors (Lipinski definition) is 1. The molecule has 2 heterocycles. The van der Waals surface area contributed by atoms with Crippen molar-refractivity contribution in [2.75, 3.05) is 5.32 Å². The molecule has 1 aliphatic heterocycles. The van der Waals surface area contributed by atoms with Crippen LogP contribution in [-0.2, 0) is 0 Å². The molecule has 1 nitrogen and oxygen atoms in total. The van der Waals surface area contributed by atoms with E-state index in [4.69, 9.17) is 11.6 Å². The summed E-state index contributed by atoms with van der Waals surface area (Å²) in [6.45, 7) is 0. The molecular weight excluding hydrogens is 342 g/mol. The lowest BCUT2D eigenvalue weighted by Crippen LogP contribution is -1.97. The zero-order valence-corrected chi connectivity index (χ0v) is 14.6. The number of hydrogen-bond acceptors (Lipinski definition) is 3. The van der Waals surface area contributed by atoms with Gasteiger partial charge in [-0.1, -0.05) is 41.9 Å². The van der Waals surface area contributed by atoms with E-state index in [0.717, 1.165) is 16.4 Å². The van der Waals surface area contributed by atoms with Crippen LogP contribution in [0.15, 0.2) is 77.0 Å². The van der Waals surface area contributed by atoms with Crippen LogP contribution in [-0.4, -0.2) is 0 Å². The zero-order chi connectivity index (χ0) is 15.6. The van der Waals surface area contributed by atoms with Crippen molar-refractivity contribution in [2.24, 2.45) is 0 Å². The lowest BCUT2D eigenvalue weighted by molar-refractivity contribution is 1.23. The Labute approximate surface area is 149 Å². The van der Waals surface area contributed by atoms with Gasteiger partial charge in [0.15, 0.2) is 0 Å². The normalized spacial score (nSPS) is 16.9. The van der Waals surface area contributed by atoms with Crippen molar-refractivity contribution in [2.45, 2.75) is 10.1 Å². The van der Waals surface area contributed by atoms with Gasteiger partial charge in [-0.25, -0.2) is 0 Å². The van der Waals surface area contributed by atoms with Crippen LogP contribution in [0.2, 0.25) is 5.02 Å². The van der Waals surface area contributed by atoms with Crippen LogP contribution >= 0.6 is 34.7 Å². The molecule has 0 amide bonds. The lowest BCUT2D eigenvalue weighted by atomic mass is 10.1. The largest absolute Gasteiger partial charge is 0.354 e. The second kappa shape index (κ2) is 6.44. The molecule has 1 atom stereocenters. The van der Waals surface area contributed by atoms with Gasteiger partial charge in [-0.2, -0.15) is 0 Å². The molecule has 1 unspecified atom stereocenters. The molecule has 0 spiro atoms. The number of thiophene rings is 1.